The summed E-state index contributed by atoms with van der Waals surface area (Å²) in [5, 5.41) is 0. The Morgan fingerprint density at radius 2 is 1.20 bits per heavy atom. The van der Waals surface area contributed by atoms with E-state index < -0.39 is 0 Å². The van der Waals surface area contributed by atoms with Crippen molar-refractivity contribution in [2.45, 2.75) is 221 Å². The van der Waals surface area contributed by atoms with Gasteiger partial charge in [0.15, 0.2) is 0 Å². The monoisotopic (exact) mass is 833 g/mol. The number of hydrogen-bond donors (Lipinski definition) is 0. The summed E-state index contributed by atoms with van der Waals surface area (Å²) < 4.78 is 24.1. The standard InChI is InChI=1S/C51H96N2O6/c1-9-13-15-17-19-21-25-41-56-47(8)27-29-49(54)58-43-34-51(32-39-53(40-33-51)37-24-23-36-52(12-4)38-31-45(5)6)35-44-59-50(55)30-28-48(46(7)11-3)57-42-26-22-20-18-16-14-10-2/h12,31,38,45-48H,4,9-11,13-30,32-37,39-44H2,1-3,5-8H3/b38-31-. The lowest BCUT2D eigenvalue weighted by atomic mass is 9.73. The fraction of sp³-hybridized carbons (Fsp3) is 0.882. The highest BCUT2D eigenvalue weighted by atomic mass is 16.5. The van der Waals surface area contributed by atoms with Gasteiger partial charge in [-0.1, -0.05) is 138 Å². The molecule has 1 heterocycles. The maximum Gasteiger partial charge on any atom is 0.305 e. The molecule has 0 aromatic heterocycles. The Hall–Kier alpha value is -1.90. The molecule has 346 valence electrons. The third-order valence-electron chi connectivity index (χ3n) is 12.6. The maximum absolute atomic E-state index is 13.0. The smallest absolute Gasteiger partial charge is 0.305 e. The molecule has 1 fully saturated rings. The predicted molar refractivity (Wildman–Crippen MR) is 248 cm³/mol. The van der Waals surface area contributed by atoms with E-state index >= 15 is 0 Å². The minimum Gasteiger partial charge on any atom is -0.466 e. The van der Waals surface area contributed by atoms with Gasteiger partial charge in [-0.3, -0.25) is 9.59 Å². The van der Waals surface area contributed by atoms with E-state index in [1.54, 1.807) is 0 Å². The van der Waals surface area contributed by atoms with Crippen LogP contribution in [-0.4, -0.2) is 86.6 Å². The minimum absolute atomic E-state index is 0.00973. The van der Waals surface area contributed by atoms with Crippen LogP contribution in [0.15, 0.2) is 25.1 Å². The molecule has 0 amide bonds. The fourth-order valence-corrected chi connectivity index (χ4v) is 8.02. The van der Waals surface area contributed by atoms with E-state index in [4.69, 9.17) is 18.9 Å². The molecule has 0 aromatic rings. The molecule has 1 rings (SSSR count). The molecule has 8 nitrogen and oxygen atoms in total. The van der Waals surface area contributed by atoms with E-state index in [0.29, 0.717) is 50.7 Å². The highest BCUT2D eigenvalue weighted by Crippen LogP contribution is 2.39. The van der Waals surface area contributed by atoms with E-state index in [-0.39, 0.29) is 29.6 Å². The van der Waals surface area contributed by atoms with E-state index in [9.17, 15) is 9.59 Å². The number of allylic oxidation sites excluding steroid dienone is 1. The Balaban J connectivity index is 2.60. The molecule has 3 atom stereocenters. The predicted octanol–water partition coefficient (Wildman–Crippen LogP) is 13.2. The van der Waals surface area contributed by atoms with Gasteiger partial charge in [0.2, 0.25) is 0 Å². The van der Waals surface area contributed by atoms with E-state index in [0.717, 1.165) is 97.2 Å². The Kier molecular flexibility index (Phi) is 34.3. The zero-order valence-electron chi connectivity index (χ0n) is 39.9. The third kappa shape index (κ3) is 29.9. The van der Waals surface area contributed by atoms with Crippen molar-refractivity contribution in [3.63, 3.8) is 0 Å². The van der Waals surface area contributed by atoms with Crippen LogP contribution >= 0.6 is 0 Å². The van der Waals surface area contributed by atoms with Crippen LogP contribution in [0.5, 0.6) is 0 Å². The number of carbonyl (C=O) groups is 2. The molecule has 0 spiro atoms. The fourth-order valence-electron chi connectivity index (χ4n) is 8.02. The summed E-state index contributed by atoms with van der Waals surface area (Å²) >= 11 is 0. The summed E-state index contributed by atoms with van der Waals surface area (Å²) in [7, 11) is 0. The first-order chi connectivity index (χ1) is 28.6. The van der Waals surface area contributed by atoms with Crippen LogP contribution in [0.1, 0.15) is 209 Å². The van der Waals surface area contributed by atoms with Crippen molar-refractivity contribution in [1.82, 2.24) is 9.80 Å². The summed E-state index contributed by atoms with van der Waals surface area (Å²) in [6, 6.07) is 0. The highest BCUT2D eigenvalue weighted by molar-refractivity contribution is 5.69. The minimum atomic E-state index is -0.141. The summed E-state index contributed by atoms with van der Waals surface area (Å²) in [5.41, 5.74) is -0.00973. The molecule has 8 heteroatoms. The molecule has 0 bridgehead atoms. The van der Waals surface area contributed by atoms with Gasteiger partial charge in [-0.25, -0.2) is 0 Å². The van der Waals surface area contributed by atoms with Gasteiger partial charge in [-0.05, 0) is 120 Å². The lowest BCUT2D eigenvalue weighted by Crippen LogP contribution is -2.42. The van der Waals surface area contributed by atoms with Crippen LogP contribution in [0.3, 0.4) is 0 Å². The first-order valence-corrected chi connectivity index (χ1v) is 24.9. The lowest BCUT2D eigenvalue weighted by molar-refractivity contribution is -0.146. The number of unbranched alkanes of at least 4 members (excludes halogenated alkanes) is 13. The summed E-state index contributed by atoms with van der Waals surface area (Å²) in [5.74, 6) is 0.669. The Bertz CT molecular complexity index is 1040. The number of nitrogens with zero attached hydrogens (tertiary/aromatic N) is 2. The van der Waals surface area contributed by atoms with Gasteiger partial charge in [0.25, 0.3) is 0 Å². The number of ether oxygens (including phenoxy) is 4. The van der Waals surface area contributed by atoms with Crippen LogP contribution in [0.2, 0.25) is 0 Å². The molecule has 0 aliphatic carbocycles. The Morgan fingerprint density at radius 1 is 0.678 bits per heavy atom. The van der Waals surface area contributed by atoms with Crippen LogP contribution < -0.4 is 0 Å². The van der Waals surface area contributed by atoms with Crippen molar-refractivity contribution in [1.29, 1.82) is 0 Å². The SMILES string of the molecule is C=CN(/C=C\C(C)C)CCCCN1CCC(CCOC(=O)CCC(C)OCCCCCCCCC)(CCOC(=O)CCC(OCCCCCCCCC)C(C)CC)CC1. The Morgan fingerprint density at radius 3 is 1.73 bits per heavy atom. The molecule has 0 radical (unpaired) electrons. The maximum atomic E-state index is 13.0. The van der Waals surface area contributed by atoms with E-state index in [1.165, 1.54) is 77.0 Å². The molecule has 0 N–H and O–H groups in total. The highest BCUT2D eigenvalue weighted by Gasteiger charge is 2.35. The van der Waals surface area contributed by atoms with Crippen molar-refractivity contribution < 1.29 is 28.5 Å². The number of rotatable bonds is 40. The van der Waals surface area contributed by atoms with Crippen molar-refractivity contribution in [2.24, 2.45) is 17.3 Å². The average Bonchev–Trinajstić information content (AvgIpc) is 3.23. The van der Waals surface area contributed by atoms with Gasteiger partial charge in [0.05, 0.1) is 25.4 Å². The van der Waals surface area contributed by atoms with E-state index in [2.05, 4.69) is 77.1 Å². The zero-order chi connectivity index (χ0) is 43.4. The number of piperidine rings is 1. The molecule has 59 heavy (non-hydrogen) atoms. The van der Waals surface area contributed by atoms with Crippen LogP contribution in [-0.2, 0) is 28.5 Å². The summed E-state index contributed by atoms with van der Waals surface area (Å²) in [4.78, 5) is 30.6. The number of likely N-dealkylation sites (tertiary alicyclic amines) is 1. The van der Waals surface area contributed by atoms with Gasteiger partial charge in [-0.15, -0.1) is 0 Å². The Labute approximate surface area is 365 Å². The number of esters is 2. The zero-order valence-corrected chi connectivity index (χ0v) is 39.9. The molecule has 0 aromatic carbocycles. The van der Waals surface area contributed by atoms with Crippen molar-refractivity contribution in [3.05, 3.63) is 25.1 Å². The van der Waals surface area contributed by atoms with E-state index in [1.807, 2.05) is 6.20 Å². The first kappa shape index (κ1) is 55.1. The second-order valence-electron chi connectivity index (χ2n) is 18.3. The van der Waals surface area contributed by atoms with Gasteiger partial charge < -0.3 is 28.7 Å². The summed E-state index contributed by atoms with van der Waals surface area (Å²) in [6.07, 6.45) is 33.3. The first-order valence-electron chi connectivity index (χ1n) is 24.9. The molecule has 1 saturated heterocycles. The molecule has 0 saturated carbocycles. The molecular formula is C51H96N2O6. The normalized spacial score (nSPS) is 16.0. The number of carbonyl (C=O) groups excluding carboxylic acids is 2. The topological polar surface area (TPSA) is 77.5 Å². The summed E-state index contributed by atoms with van der Waals surface area (Å²) in [6.45, 7) is 25.8. The van der Waals surface area contributed by atoms with Crippen molar-refractivity contribution in [3.8, 4) is 0 Å². The second-order valence-corrected chi connectivity index (χ2v) is 18.3. The lowest BCUT2D eigenvalue weighted by Gasteiger charge is -2.42. The van der Waals surface area contributed by atoms with Crippen LogP contribution in [0.25, 0.3) is 0 Å². The van der Waals surface area contributed by atoms with Crippen molar-refractivity contribution >= 4 is 11.9 Å². The van der Waals surface area contributed by atoms with Gasteiger partial charge in [-0.2, -0.15) is 0 Å². The quantitative estimate of drug-likeness (QED) is 0.0446. The van der Waals surface area contributed by atoms with Crippen molar-refractivity contribution in [2.75, 3.05) is 52.6 Å². The van der Waals surface area contributed by atoms with Crippen LogP contribution in [0.4, 0.5) is 0 Å². The van der Waals surface area contributed by atoms with Gasteiger partial charge >= 0.3 is 11.9 Å². The number of hydrogen-bond acceptors (Lipinski definition) is 8. The van der Waals surface area contributed by atoms with Crippen LogP contribution in [0, 0.1) is 17.3 Å². The molecular weight excluding hydrogens is 737 g/mol. The average molecular weight is 833 g/mol. The molecule has 1 aliphatic heterocycles. The third-order valence-corrected chi connectivity index (χ3v) is 12.6. The largest absolute Gasteiger partial charge is 0.466 e. The molecule has 1 aliphatic rings. The molecule has 3 unspecified atom stereocenters. The van der Waals surface area contributed by atoms with Gasteiger partial charge in [0, 0.05) is 32.6 Å². The second kappa shape index (κ2) is 36.7. The van der Waals surface area contributed by atoms with Gasteiger partial charge in [0.1, 0.15) is 0 Å².